The molecule has 3 fully saturated rings. The van der Waals surface area contributed by atoms with E-state index in [0.29, 0.717) is 19.5 Å². The van der Waals surface area contributed by atoms with E-state index in [9.17, 15) is 19.5 Å². The fraction of sp³-hybridized carbons (Fsp3) is 0.864. The maximum Gasteiger partial charge on any atom is 0.303 e. The van der Waals surface area contributed by atoms with Crippen molar-refractivity contribution in [2.24, 2.45) is 11.3 Å². The zero-order chi connectivity index (χ0) is 20.0. The quantitative estimate of drug-likeness (QED) is 0.724. The normalized spacial score (nSPS) is 23.9. The SMILES string of the molecule is O=C(O)CC1(CC(=O)N2CCC(NC(=O)C3CCCCC3)CC2)CCCCC1. The standard InChI is InChI=1S/C22H36N2O4/c25-19(15-22(16-20(26)27)11-5-2-6-12-22)24-13-9-18(10-14-24)23-21(28)17-7-3-1-4-8-17/h17-18H,1-16H2,(H,23,28)(H,26,27). The van der Waals surface area contributed by atoms with Gasteiger partial charge >= 0.3 is 5.97 Å². The third-order valence-corrected chi connectivity index (χ3v) is 7.14. The molecule has 28 heavy (non-hydrogen) atoms. The number of hydrogen-bond acceptors (Lipinski definition) is 3. The molecular weight excluding hydrogens is 356 g/mol. The van der Waals surface area contributed by atoms with Gasteiger partial charge in [-0.1, -0.05) is 38.5 Å². The van der Waals surface area contributed by atoms with Gasteiger partial charge in [-0.25, -0.2) is 0 Å². The molecule has 2 amide bonds. The number of rotatable bonds is 6. The predicted molar refractivity (Wildman–Crippen MR) is 107 cm³/mol. The Morgan fingerprint density at radius 3 is 2.07 bits per heavy atom. The van der Waals surface area contributed by atoms with E-state index in [4.69, 9.17) is 0 Å². The van der Waals surface area contributed by atoms with Gasteiger partial charge in [-0.15, -0.1) is 0 Å². The monoisotopic (exact) mass is 392 g/mol. The van der Waals surface area contributed by atoms with Crippen LogP contribution in [-0.2, 0) is 14.4 Å². The number of carboxylic acids is 1. The number of amides is 2. The van der Waals surface area contributed by atoms with Crippen molar-refractivity contribution in [1.82, 2.24) is 10.2 Å². The van der Waals surface area contributed by atoms with Crippen LogP contribution in [0.15, 0.2) is 0 Å². The highest BCUT2D eigenvalue weighted by molar-refractivity contribution is 5.80. The summed E-state index contributed by atoms with van der Waals surface area (Å²) < 4.78 is 0. The summed E-state index contributed by atoms with van der Waals surface area (Å²) in [5, 5.41) is 12.5. The van der Waals surface area contributed by atoms with E-state index in [1.54, 1.807) is 0 Å². The molecule has 0 radical (unpaired) electrons. The Labute approximate surface area is 168 Å². The van der Waals surface area contributed by atoms with E-state index < -0.39 is 5.97 Å². The Morgan fingerprint density at radius 2 is 1.46 bits per heavy atom. The Morgan fingerprint density at radius 1 is 0.857 bits per heavy atom. The van der Waals surface area contributed by atoms with Crippen molar-refractivity contribution in [2.45, 2.75) is 95.9 Å². The second-order valence-electron chi connectivity index (χ2n) is 9.31. The van der Waals surface area contributed by atoms with Crippen LogP contribution in [0, 0.1) is 11.3 Å². The highest BCUT2D eigenvalue weighted by Crippen LogP contribution is 2.42. The van der Waals surface area contributed by atoms with E-state index in [1.807, 2.05) is 4.90 Å². The number of carbonyl (C=O) groups is 3. The van der Waals surface area contributed by atoms with E-state index in [-0.39, 0.29) is 35.6 Å². The maximum absolute atomic E-state index is 12.9. The maximum atomic E-state index is 12.9. The highest BCUT2D eigenvalue weighted by atomic mass is 16.4. The molecular formula is C22H36N2O4. The van der Waals surface area contributed by atoms with Crippen LogP contribution in [0.1, 0.15) is 89.9 Å². The third kappa shape index (κ3) is 5.71. The molecule has 1 saturated heterocycles. The average molecular weight is 393 g/mol. The first kappa shape index (κ1) is 21.1. The molecule has 3 aliphatic rings. The fourth-order valence-corrected chi connectivity index (χ4v) is 5.43. The lowest BCUT2D eigenvalue weighted by molar-refractivity contribution is -0.142. The first-order valence-electron chi connectivity index (χ1n) is 11.3. The first-order chi connectivity index (χ1) is 13.5. The molecule has 3 rings (SSSR count). The molecule has 0 bridgehead atoms. The van der Waals surface area contributed by atoms with Crippen molar-refractivity contribution in [1.29, 1.82) is 0 Å². The zero-order valence-corrected chi connectivity index (χ0v) is 17.1. The summed E-state index contributed by atoms with van der Waals surface area (Å²) >= 11 is 0. The minimum Gasteiger partial charge on any atom is -0.481 e. The first-order valence-corrected chi connectivity index (χ1v) is 11.3. The van der Waals surface area contributed by atoms with Gasteiger partial charge in [-0.2, -0.15) is 0 Å². The number of hydrogen-bond donors (Lipinski definition) is 2. The number of piperidine rings is 1. The van der Waals surface area contributed by atoms with E-state index in [2.05, 4.69) is 5.32 Å². The predicted octanol–water partition coefficient (Wildman–Crippen LogP) is 3.49. The number of nitrogens with one attached hydrogen (secondary N) is 1. The molecule has 0 unspecified atom stereocenters. The van der Waals surface area contributed by atoms with Gasteiger partial charge in [0.15, 0.2) is 0 Å². The van der Waals surface area contributed by atoms with Crippen molar-refractivity contribution < 1.29 is 19.5 Å². The van der Waals surface area contributed by atoms with Gasteiger partial charge in [0.05, 0.1) is 6.42 Å². The van der Waals surface area contributed by atoms with E-state index in [0.717, 1.165) is 70.6 Å². The Bertz CT molecular complexity index is 557. The van der Waals surface area contributed by atoms with Crippen LogP contribution in [0.2, 0.25) is 0 Å². The van der Waals surface area contributed by atoms with Crippen LogP contribution in [0.4, 0.5) is 0 Å². The van der Waals surface area contributed by atoms with Crippen LogP contribution >= 0.6 is 0 Å². The van der Waals surface area contributed by atoms with Crippen molar-refractivity contribution in [2.75, 3.05) is 13.1 Å². The van der Waals surface area contributed by atoms with Gasteiger partial charge in [0.25, 0.3) is 0 Å². The number of aliphatic carboxylic acids is 1. The van der Waals surface area contributed by atoms with Crippen LogP contribution in [0.3, 0.4) is 0 Å². The summed E-state index contributed by atoms with van der Waals surface area (Å²) in [5.74, 6) is -0.318. The van der Waals surface area contributed by atoms with E-state index in [1.165, 1.54) is 6.42 Å². The summed E-state index contributed by atoms with van der Waals surface area (Å²) in [7, 11) is 0. The van der Waals surface area contributed by atoms with Gasteiger partial charge in [0.2, 0.25) is 11.8 Å². The molecule has 0 spiro atoms. The second kappa shape index (κ2) is 9.75. The van der Waals surface area contributed by atoms with Crippen molar-refractivity contribution in [3.8, 4) is 0 Å². The summed E-state index contributed by atoms with van der Waals surface area (Å²) in [4.78, 5) is 38.5. The van der Waals surface area contributed by atoms with Gasteiger partial charge in [-0.05, 0) is 43.9 Å². The molecule has 0 aromatic carbocycles. The minimum atomic E-state index is -0.793. The molecule has 0 atom stereocenters. The number of likely N-dealkylation sites (tertiary alicyclic amines) is 1. The lowest BCUT2D eigenvalue weighted by Crippen LogP contribution is -2.49. The lowest BCUT2D eigenvalue weighted by Gasteiger charge is -2.39. The smallest absolute Gasteiger partial charge is 0.303 e. The largest absolute Gasteiger partial charge is 0.481 e. The number of carboxylic acid groups (broad SMARTS) is 1. The van der Waals surface area contributed by atoms with Crippen LogP contribution in [-0.4, -0.2) is 46.9 Å². The molecule has 1 heterocycles. The number of carbonyl (C=O) groups excluding carboxylic acids is 2. The number of nitrogens with zero attached hydrogens (tertiary/aromatic N) is 1. The molecule has 0 aromatic rings. The van der Waals surface area contributed by atoms with E-state index >= 15 is 0 Å². The molecule has 158 valence electrons. The van der Waals surface area contributed by atoms with Gasteiger partial charge in [-0.3, -0.25) is 14.4 Å². The molecule has 0 aromatic heterocycles. The van der Waals surface area contributed by atoms with Crippen LogP contribution in [0.5, 0.6) is 0 Å². The van der Waals surface area contributed by atoms with Gasteiger partial charge in [0, 0.05) is 31.5 Å². The van der Waals surface area contributed by atoms with Crippen LogP contribution < -0.4 is 5.32 Å². The summed E-state index contributed by atoms with van der Waals surface area (Å²) in [6.07, 6.45) is 12.5. The second-order valence-corrected chi connectivity index (χ2v) is 9.31. The molecule has 6 heteroatoms. The Balaban J connectivity index is 1.46. The summed E-state index contributed by atoms with van der Waals surface area (Å²) in [6, 6.07) is 0.168. The molecule has 2 N–H and O–H groups in total. The zero-order valence-electron chi connectivity index (χ0n) is 17.1. The molecule has 1 aliphatic heterocycles. The molecule has 2 aliphatic carbocycles. The third-order valence-electron chi connectivity index (χ3n) is 7.14. The van der Waals surface area contributed by atoms with Crippen LogP contribution in [0.25, 0.3) is 0 Å². The van der Waals surface area contributed by atoms with Crippen molar-refractivity contribution in [3.05, 3.63) is 0 Å². The summed E-state index contributed by atoms with van der Waals surface area (Å²) in [5.41, 5.74) is -0.354. The lowest BCUT2D eigenvalue weighted by atomic mass is 9.69. The Hall–Kier alpha value is -1.59. The summed E-state index contributed by atoms with van der Waals surface area (Å²) in [6.45, 7) is 1.33. The Kier molecular flexibility index (Phi) is 7.36. The van der Waals surface area contributed by atoms with Gasteiger partial charge in [0.1, 0.15) is 0 Å². The minimum absolute atomic E-state index is 0.0974. The van der Waals surface area contributed by atoms with Gasteiger partial charge < -0.3 is 15.3 Å². The fourth-order valence-electron chi connectivity index (χ4n) is 5.43. The van der Waals surface area contributed by atoms with Crippen molar-refractivity contribution in [3.63, 3.8) is 0 Å². The van der Waals surface area contributed by atoms with Crippen molar-refractivity contribution >= 4 is 17.8 Å². The molecule has 2 saturated carbocycles. The molecule has 6 nitrogen and oxygen atoms in total. The average Bonchev–Trinajstić information content (AvgIpc) is 2.69. The topological polar surface area (TPSA) is 86.7 Å². The highest BCUT2D eigenvalue weighted by Gasteiger charge is 2.38.